The third kappa shape index (κ3) is 9.89. The molecule has 18 heteroatoms. The summed E-state index contributed by atoms with van der Waals surface area (Å²) in [7, 11) is 1.51. The Labute approximate surface area is 432 Å². The number of hydrogen-bond acceptors (Lipinski definition) is 13. The number of phenols is 1. The second-order valence-electron chi connectivity index (χ2n) is 21.2. The highest BCUT2D eigenvalue weighted by Gasteiger charge is 2.40. The van der Waals surface area contributed by atoms with Crippen LogP contribution >= 0.6 is 0 Å². The van der Waals surface area contributed by atoms with E-state index in [2.05, 4.69) is 36.3 Å². The van der Waals surface area contributed by atoms with Gasteiger partial charge in [0.05, 0.1) is 30.4 Å². The maximum atomic E-state index is 17.1. The summed E-state index contributed by atoms with van der Waals surface area (Å²) in [6.07, 6.45) is 15.8. The van der Waals surface area contributed by atoms with E-state index in [1.165, 1.54) is 42.5 Å². The minimum Gasteiger partial charge on any atom is -0.508 e. The van der Waals surface area contributed by atoms with E-state index < -0.39 is 30.1 Å². The lowest BCUT2D eigenvalue weighted by molar-refractivity contribution is -0.120. The molecule has 388 valence electrons. The molecule has 6 aliphatic rings. The molecule has 1 saturated carbocycles. The van der Waals surface area contributed by atoms with Crippen molar-refractivity contribution in [3.05, 3.63) is 71.4 Å². The number of hydrogen-bond donors (Lipinski definition) is 3. The van der Waals surface area contributed by atoms with E-state index in [1.54, 1.807) is 25.1 Å². The van der Waals surface area contributed by atoms with Crippen LogP contribution in [0.4, 0.5) is 25.1 Å². The minimum atomic E-state index is -1.74. The number of methoxy groups -OCH3 is 1. The molecule has 5 aliphatic heterocycles. The molecule has 3 aromatic carbocycles. The van der Waals surface area contributed by atoms with Crippen molar-refractivity contribution in [2.45, 2.75) is 76.8 Å². The van der Waals surface area contributed by atoms with Crippen molar-refractivity contribution in [1.82, 2.24) is 40.3 Å². The molecular weight excluding hydrogens is 947 g/mol. The predicted molar refractivity (Wildman–Crippen MR) is 278 cm³/mol. The highest BCUT2D eigenvalue weighted by atomic mass is 19.1. The standard InChI is InChI=1S/C56H64F2N10O6/c1-4-41-44(57)9-5-36-25-40(69)27-42(48(36)41)50-49(58)51-43(28-59-50)52(67-31-38-7-8-39(32-67)60-38)63-54(62-51)74-33-34(2)29-64-21-23-65(24-22-64)30-35-11-14-56(15-12-35)16-19-66(20-17-56)53(71)37-6-10-46(73-3)45(26-37)68-18-13-47(70)61-55(68)72/h1,5-6,9-10,25-28,34-35,38-39,60,69H,7-8,11-24,29-33H2,2-3H3,(H,61,70,72)/t34-,38?,39?/m1/s1/i29D2. The van der Waals surface area contributed by atoms with Gasteiger partial charge in [-0.2, -0.15) is 9.97 Å². The molecular formula is C56H64F2N10O6. The summed E-state index contributed by atoms with van der Waals surface area (Å²) in [5.74, 6) is 1.16. The number of imide groups is 1. The number of aromatic nitrogens is 3. The summed E-state index contributed by atoms with van der Waals surface area (Å²) in [4.78, 5) is 62.0. The van der Waals surface area contributed by atoms with Crippen LogP contribution in [0.2, 0.25) is 0 Å². The molecule has 5 saturated heterocycles. The molecule has 2 aromatic heterocycles. The Bertz CT molecular complexity index is 3120. The van der Waals surface area contributed by atoms with Crippen LogP contribution in [-0.4, -0.2) is 150 Å². The molecule has 16 nitrogen and oxygen atoms in total. The maximum Gasteiger partial charge on any atom is 0.328 e. The monoisotopic (exact) mass is 1010 g/mol. The SMILES string of the molecule is [2H]C([2H])([C@@H](C)COc1nc(N2CC3CCC(C2)N3)c2cnc(-c3cc(O)cc4ccc(F)c(C#C)c34)c(F)c2n1)N1CCN(CC2CCC3(CC2)CCN(C(=O)c2ccc(OC)c(N4CCC(=O)NC4=O)c2)CC3)CC1. The number of likely N-dealkylation sites (tertiary alicyclic amines) is 1. The topological polar surface area (TPSA) is 169 Å². The van der Waals surface area contributed by atoms with E-state index >= 15 is 8.78 Å². The van der Waals surface area contributed by atoms with Gasteiger partial charge in [0.2, 0.25) is 5.91 Å². The van der Waals surface area contributed by atoms with E-state index in [1.807, 2.05) is 9.80 Å². The second-order valence-corrected chi connectivity index (χ2v) is 21.2. The van der Waals surface area contributed by atoms with Gasteiger partial charge >= 0.3 is 12.0 Å². The minimum absolute atomic E-state index is 0.0722. The van der Waals surface area contributed by atoms with Gasteiger partial charge in [0, 0.05) is 122 Å². The van der Waals surface area contributed by atoms with Crippen molar-refractivity contribution in [2.75, 3.05) is 95.5 Å². The van der Waals surface area contributed by atoms with Crippen molar-refractivity contribution >= 4 is 51.0 Å². The highest BCUT2D eigenvalue weighted by Crippen LogP contribution is 2.47. The second kappa shape index (κ2) is 20.6. The highest BCUT2D eigenvalue weighted by molar-refractivity contribution is 6.07. The van der Waals surface area contributed by atoms with Crippen LogP contribution in [0.25, 0.3) is 32.9 Å². The number of aromatic hydroxyl groups is 1. The number of phenolic OH excluding ortho intramolecular Hbond substituents is 1. The largest absolute Gasteiger partial charge is 0.508 e. The first kappa shape index (κ1) is 47.1. The lowest BCUT2D eigenvalue weighted by Gasteiger charge is -2.47. The van der Waals surface area contributed by atoms with Gasteiger partial charge in [-0.3, -0.25) is 24.8 Å². The van der Waals surface area contributed by atoms with E-state index in [-0.39, 0.29) is 88.4 Å². The summed E-state index contributed by atoms with van der Waals surface area (Å²) in [5.41, 5.74) is 0.930. The number of anilines is 2. The Hall–Kier alpha value is -6.68. The van der Waals surface area contributed by atoms with Gasteiger partial charge in [-0.15, -0.1) is 6.42 Å². The third-order valence-corrected chi connectivity index (χ3v) is 16.4. The number of urea groups is 1. The van der Waals surface area contributed by atoms with Crippen LogP contribution in [0, 0.1) is 41.2 Å². The zero-order valence-electron chi connectivity index (χ0n) is 44.0. The average Bonchev–Trinajstić information content (AvgIpc) is 3.79. The van der Waals surface area contributed by atoms with Crippen LogP contribution in [0.1, 0.15) is 83.4 Å². The first-order valence-electron chi connectivity index (χ1n) is 27.1. The molecule has 3 atom stereocenters. The number of nitrogens with zero attached hydrogens (tertiary/aromatic N) is 8. The zero-order valence-corrected chi connectivity index (χ0v) is 42.0. The number of carbonyl (C=O) groups is 3. The predicted octanol–water partition coefficient (Wildman–Crippen LogP) is 6.95. The number of terminal acetylenes is 1. The number of ether oxygens (including phenoxy) is 2. The number of nitrogens with one attached hydrogen (secondary N) is 2. The quantitative estimate of drug-likeness (QED) is 0.110. The first-order valence-corrected chi connectivity index (χ1v) is 26.1. The van der Waals surface area contributed by atoms with E-state index in [4.69, 9.17) is 20.9 Å². The normalized spacial score (nSPS) is 22.7. The van der Waals surface area contributed by atoms with Crippen molar-refractivity contribution < 1.29 is 40.5 Å². The van der Waals surface area contributed by atoms with Crippen LogP contribution in [0.15, 0.2) is 48.7 Å². The lowest BCUT2D eigenvalue weighted by atomic mass is 9.65. The summed E-state index contributed by atoms with van der Waals surface area (Å²) >= 11 is 0. The molecule has 6 fully saturated rings. The van der Waals surface area contributed by atoms with E-state index in [0.29, 0.717) is 78.8 Å². The van der Waals surface area contributed by atoms with Crippen molar-refractivity contribution in [3.8, 4) is 41.1 Å². The fourth-order valence-electron chi connectivity index (χ4n) is 12.4. The molecule has 3 N–H and O–H groups in total. The number of piperidine rings is 1. The van der Waals surface area contributed by atoms with Crippen LogP contribution in [0.5, 0.6) is 17.5 Å². The summed E-state index contributed by atoms with van der Waals surface area (Å²) in [6.45, 7) is 6.34. The Morgan fingerprint density at radius 3 is 2.42 bits per heavy atom. The zero-order chi connectivity index (χ0) is 53.0. The Kier molecular flexibility index (Phi) is 13.1. The van der Waals surface area contributed by atoms with Crippen molar-refractivity contribution in [2.24, 2.45) is 17.3 Å². The van der Waals surface area contributed by atoms with Crippen LogP contribution in [0.3, 0.4) is 0 Å². The molecule has 1 spiro atoms. The lowest BCUT2D eigenvalue weighted by Crippen LogP contribution is -2.51. The van der Waals surface area contributed by atoms with E-state index in [0.717, 1.165) is 71.0 Å². The van der Waals surface area contributed by atoms with Crippen molar-refractivity contribution in [1.29, 1.82) is 0 Å². The number of carbonyl (C=O) groups excluding carboxylic acids is 3. The molecule has 11 rings (SSSR count). The molecule has 2 bridgehead atoms. The molecule has 2 unspecified atom stereocenters. The Morgan fingerprint density at radius 2 is 1.70 bits per heavy atom. The molecule has 1 aliphatic carbocycles. The van der Waals surface area contributed by atoms with Gasteiger partial charge in [-0.05, 0) is 104 Å². The van der Waals surface area contributed by atoms with Gasteiger partial charge in [-0.25, -0.2) is 13.6 Å². The van der Waals surface area contributed by atoms with Crippen LogP contribution in [-0.2, 0) is 4.79 Å². The molecule has 4 amide bonds. The van der Waals surface area contributed by atoms with Gasteiger partial charge in [-0.1, -0.05) is 18.9 Å². The smallest absolute Gasteiger partial charge is 0.328 e. The summed E-state index contributed by atoms with van der Waals surface area (Å²) in [5, 5.41) is 17.7. The Morgan fingerprint density at radius 1 is 0.959 bits per heavy atom. The van der Waals surface area contributed by atoms with Gasteiger partial charge in [0.25, 0.3) is 5.91 Å². The number of benzene rings is 3. The summed E-state index contributed by atoms with van der Waals surface area (Å²) in [6, 6.07) is 10.4. The maximum absolute atomic E-state index is 17.1. The van der Waals surface area contributed by atoms with Crippen LogP contribution < -0.4 is 29.9 Å². The fraction of sp³-hybridized carbons (Fsp3) is 0.500. The third-order valence-electron chi connectivity index (χ3n) is 16.4. The first-order chi connectivity index (χ1) is 36.6. The number of piperazine rings is 2. The number of rotatable bonds is 12. The molecule has 7 heterocycles. The van der Waals surface area contributed by atoms with Gasteiger partial charge in [0.15, 0.2) is 5.82 Å². The molecule has 0 radical (unpaired) electrons. The number of amides is 4. The number of pyridine rings is 1. The molecule has 5 aromatic rings. The molecule has 74 heavy (non-hydrogen) atoms. The fourth-order valence-corrected chi connectivity index (χ4v) is 12.4. The number of halogens is 2. The van der Waals surface area contributed by atoms with Gasteiger partial charge in [0.1, 0.15) is 34.3 Å². The number of fused-ring (bicyclic) bond motifs is 4. The average molecular weight is 1010 g/mol. The van der Waals surface area contributed by atoms with E-state index in [9.17, 15) is 22.2 Å². The Balaban J connectivity index is 0.704. The summed E-state index contributed by atoms with van der Waals surface area (Å²) < 4.78 is 62.6. The van der Waals surface area contributed by atoms with Crippen molar-refractivity contribution in [3.63, 3.8) is 0 Å². The van der Waals surface area contributed by atoms with Gasteiger partial charge < -0.3 is 39.5 Å².